The van der Waals surface area contributed by atoms with Crippen LogP contribution in [0.3, 0.4) is 0 Å². The van der Waals surface area contributed by atoms with Crippen LogP contribution in [0, 0.1) is 0 Å². The topological polar surface area (TPSA) is 114 Å². The third-order valence-electron chi connectivity index (χ3n) is 1.58. The Kier molecular flexibility index (Phi) is 5.19. The first-order valence-electron chi connectivity index (χ1n) is 4.85. The van der Waals surface area contributed by atoms with Crippen LogP contribution in [-0.2, 0) is 9.53 Å². The number of hydrazine groups is 1. The van der Waals surface area contributed by atoms with Gasteiger partial charge in [0.2, 0.25) is 0 Å². The van der Waals surface area contributed by atoms with E-state index in [-0.39, 0.29) is 0 Å². The fraction of sp³-hybridized carbons (Fsp3) is 0.778. The summed E-state index contributed by atoms with van der Waals surface area (Å²) in [5.41, 5.74) is 1.17. The van der Waals surface area contributed by atoms with Gasteiger partial charge in [-0.1, -0.05) is 0 Å². The van der Waals surface area contributed by atoms with Crippen LogP contribution in [0.4, 0.5) is 4.79 Å². The van der Waals surface area contributed by atoms with Crippen LogP contribution in [0.1, 0.15) is 27.7 Å². The first kappa shape index (κ1) is 14.7. The molecule has 0 aliphatic heterocycles. The third kappa shape index (κ3) is 5.52. The number of carbonyl (C=O) groups excluding carboxylic acids is 2. The van der Waals surface area contributed by atoms with Gasteiger partial charge in [-0.2, -0.15) is 0 Å². The van der Waals surface area contributed by atoms with Crippen molar-refractivity contribution in [2.75, 3.05) is 0 Å². The van der Waals surface area contributed by atoms with Crippen molar-refractivity contribution in [3.8, 4) is 0 Å². The van der Waals surface area contributed by atoms with Crippen molar-refractivity contribution in [1.82, 2.24) is 10.7 Å². The highest BCUT2D eigenvalue weighted by Crippen LogP contribution is 2.07. The minimum atomic E-state index is -1.14. The Morgan fingerprint density at radius 2 is 1.88 bits per heavy atom. The number of aliphatic hydroxyl groups excluding tert-OH is 1. The Morgan fingerprint density at radius 3 is 2.19 bits per heavy atom. The lowest BCUT2D eigenvalue weighted by Gasteiger charge is -2.24. The molecule has 5 N–H and O–H groups in total. The molecule has 0 heterocycles. The number of aliphatic hydroxyl groups is 1. The Labute approximate surface area is 94.3 Å². The van der Waals surface area contributed by atoms with Crippen molar-refractivity contribution in [1.29, 1.82) is 0 Å². The van der Waals surface area contributed by atoms with Gasteiger partial charge in [0.25, 0.3) is 5.91 Å². The largest absolute Gasteiger partial charge is 0.444 e. The van der Waals surface area contributed by atoms with Crippen molar-refractivity contribution in [2.24, 2.45) is 5.84 Å². The molecule has 0 aromatic heterocycles. The number of rotatable bonds is 3. The molecule has 0 saturated carbocycles. The van der Waals surface area contributed by atoms with Gasteiger partial charge in [-0.25, -0.2) is 10.6 Å². The van der Waals surface area contributed by atoms with Gasteiger partial charge in [0.15, 0.2) is 0 Å². The van der Waals surface area contributed by atoms with Crippen LogP contribution in [0.15, 0.2) is 0 Å². The van der Waals surface area contributed by atoms with Gasteiger partial charge in [0.1, 0.15) is 11.6 Å². The van der Waals surface area contributed by atoms with E-state index in [2.05, 4.69) is 5.32 Å². The minimum Gasteiger partial charge on any atom is -0.444 e. The lowest BCUT2D eigenvalue weighted by Crippen LogP contribution is -2.54. The first-order valence-corrected chi connectivity index (χ1v) is 4.85. The molecule has 0 rings (SSSR count). The number of nitrogens with one attached hydrogen (secondary N) is 2. The summed E-state index contributed by atoms with van der Waals surface area (Å²) in [5.74, 6) is 4.22. The Morgan fingerprint density at radius 1 is 1.38 bits per heavy atom. The van der Waals surface area contributed by atoms with E-state index >= 15 is 0 Å². The van der Waals surface area contributed by atoms with Gasteiger partial charge >= 0.3 is 6.09 Å². The van der Waals surface area contributed by atoms with E-state index in [0.717, 1.165) is 0 Å². The van der Waals surface area contributed by atoms with Crippen molar-refractivity contribution in [3.63, 3.8) is 0 Å². The maximum absolute atomic E-state index is 11.3. The van der Waals surface area contributed by atoms with E-state index in [0.29, 0.717) is 0 Å². The number of ether oxygens (including phenoxy) is 1. The van der Waals surface area contributed by atoms with E-state index in [1.54, 1.807) is 20.8 Å². The predicted molar refractivity (Wildman–Crippen MR) is 57.2 cm³/mol. The maximum Gasteiger partial charge on any atom is 0.408 e. The molecule has 0 spiro atoms. The van der Waals surface area contributed by atoms with Crippen LogP contribution in [0.2, 0.25) is 0 Å². The molecule has 2 atom stereocenters. The maximum atomic E-state index is 11.3. The molecule has 7 heteroatoms. The Balaban J connectivity index is 4.42. The van der Waals surface area contributed by atoms with Gasteiger partial charge < -0.3 is 15.2 Å². The summed E-state index contributed by atoms with van der Waals surface area (Å²) in [5, 5.41) is 11.5. The van der Waals surface area contributed by atoms with Gasteiger partial charge in [0, 0.05) is 0 Å². The molecule has 7 nitrogen and oxygen atoms in total. The molecule has 0 bridgehead atoms. The molecule has 2 amide bonds. The molecule has 0 radical (unpaired) electrons. The quantitative estimate of drug-likeness (QED) is 0.291. The number of hydrogen-bond donors (Lipinski definition) is 4. The zero-order valence-corrected chi connectivity index (χ0v) is 9.90. The lowest BCUT2D eigenvalue weighted by atomic mass is 10.2. The van der Waals surface area contributed by atoms with Crippen LogP contribution in [-0.4, -0.2) is 34.9 Å². The fourth-order valence-electron chi connectivity index (χ4n) is 0.930. The van der Waals surface area contributed by atoms with E-state index in [9.17, 15) is 14.7 Å². The standard InChI is InChI=1S/C9H19N3O4/c1-5(13)6(7(14)12-10)11-8(15)16-9(2,3)4/h5-6,13H,10H2,1-4H3,(H,11,15)(H,12,14)/t5-,6+/m1/s1. The fourth-order valence-corrected chi connectivity index (χ4v) is 0.930. The molecule has 16 heavy (non-hydrogen) atoms. The van der Waals surface area contributed by atoms with Crippen molar-refractivity contribution in [2.45, 2.75) is 45.4 Å². The molecule has 0 aliphatic carbocycles. The summed E-state index contributed by atoms with van der Waals surface area (Å²) in [4.78, 5) is 22.5. The molecular formula is C9H19N3O4. The van der Waals surface area contributed by atoms with Crippen LogP contribution in [0.25, 0.3) is 0 Å². The summed E-state index contributed by atoms with van der Waals surface area (Å²) < 4.78 is 4.93. The second-order valence-electron chi connectivity index (χ2n) is 4.37. The third-order valence-corrected chi connectivity index (χ3v) is 1.58. The number of hydrogen-bond acceptors (Lipinski definition) is 5. The monoisotopic (exact) mass is 233 g/mol. The SMILES string of the molecule is C[C@@H](O)[C@H](NC(=O)OC(C)(C)C)C(=O)NN. The van der Waals surface area contributed by atoms with Gasteiger partial charge in [-0.05, 0) is 27.7 Å². The first-order chi connectivity index (χ1) is 7.17. The average molecular weight is 233 g/mol. The molecule has 0 aliphatic rings. The molecule has 94 valence electrons. The normalized spacial score (nSPS) is 14.9. The van der Waals surface area contributed by atoms with Gasteiger partial charge in [-0.15, -0.1) is 0 Å². The molecule has 0 aromatic rings. The van der Waals surface area contributed by atoms with E-state index in [4.69, 9.17) is 10.6 Å². The zero-order valence-electron chi connectivity index (χ0n) is 9.90. The van der Waals surface area contributed by atoms with E-state index < -0.39 is 29.7 Å². The van der Waals surface area contributed by atoms with E-state index in [1.807, 2.05) is 5.43 Å². The molecule has 0 saturated heterocycles. The van der Waals surface area contributed by atoms with Crippen molar-refractivity contribution >= 4 is 12.0 Å². The Bertz CT molecular complexity index is 260. The Hall–Kier alpha value is -1.34. The van der Waals surface area contributed by atoms with Crippen molar-refractivity contribution < 1.29 is 19.4 Å². The molecular weight excluding hydrogens is 214 g/mol. The zero-order chi connectivity index (χ0) is 12.9. The molecule has 0 unspecified atom stereocenters. The molecule has 0 fully saturated rings. The highest BCUT2D eigenvalue weighted by Gasteiger charge is 2.27. The summed E-state index contributed by atoms with van der Waals surface area (Å²) in [7, 11) is 0. The summed E-state index contributed by atoms with van der Waals surface area (Å²) in [6.45, 7) is 6.42. The predicted octanol–water partition coefficient (Wildman–Crippen LogP) is -0.750. The minimum absolute atomic E-state index is 0.674. The second-order valence-corrected chi connectivity index (χ2v) is 4.37. The number of amides is 2. The summed E-state index contributed by atoms with van der Waals surface area (Å²) in [6, 6.07) is -1.14. The highest BCUT2D eigenvalue weighted by atomic mass is 16.6. The highest BCUT2D eigenvalue weighted by molar-refractivity contribution is 5.85. The summed E-state index contributed by atoms with van der Waals surface area (Å²) in [6.07, 6.45) is -1.86. The summed E-state index contributed by atoms with van der Waals surface area (Å²) >= 11 is 0. The molecule has 0 aromatic carbocycles. The number of nitrogens with two attached hydrogens (primary N) is 1. The van der Waals surface area contributed by atoms with Crippen LogP contribution < -0.4 is 16.6 Å². The smallest absolute Gasteiger partial charge is 0.408 e. The van der Waals surface area contributed by atoms with E-state index in [1.165, 1.54) is 6.92 Å². The van der Waals surface area contributed by atoms with Crippen molar-refractivity contribution in [3.05, 3.63) is 0 Å². The van der Waals surface area contributed by atoms with Crippen LogP contribution >= 0.6 is 0 Å². The van der Waals surface area contributed by atoms with Gasteiger partial charge in [0.05, 0.1) is 6.10 Å². The lowest BCUT2D eigenvalue weighted by molar-refractivity contribution is -0.125. The van der Waals surface area contributed by atoms with Gasteiger partial charge in [-0.3, -0.25) is 10.2 Å². The number of alkyl carbamates (subject to hydrolysis) is 1. The second kappa shape index (κ2) is 5.66. The average Bonchev–Trinajstić information content (AvgIpc) is 2.09. The van der Waals surface area contributed by atoms with Crippen LogP contribution in [0.5, 0.6) is 0 Å². The number of carbonyl (C=O) groups is 2.